The quantitative estimate of drug-likeness (QED) is 0.758. The van der Waals surface area contributed by atoms with E-state index in [1.165, 1.54) is 12.1 Å². The topological polar surface area (TPSA) is 57.5 Å². The summed E-state index contributed by atoms with van der Waals surface area (Å²) in [6.45, 7) is 3.45. The van der Waals surface area contributed by atoms with Crippen molar-refractivity contribution in [2.75, 3.05) is 0 Å². The van der Waals surface area contributed by atoms with E-state index in [4.69, 9.17) is 10.2 Å². The third kappa shape index (κ3) is 1.90. The number of halogens is 1. The number of hydrogen-bond donors (Lipinski definition) is 2. The van der Waals surface area contributed by atoms with Gasteiger partial charge in [0.05, 0.1) is 0 Å². The molecule has 3 nitrogen and oxygen atoms in total. The minimum Gasteiger partial charge on any atom is -0.479 e. The van der Waals surface area contributed by atoms with Gasteiger partial charge in [-0.15, -0.1) is 0 Å². The van der Waals surface area contributed by atoms with Gasteiger partial charge in [0.25, 0.3) is 0 Å². The molecule has 0 heterocycles. The van der Waals surface area contributed by atoms with E-state index in [1.807, 2.05) is 0 Å². The first kappa shape index (κ1) is 10.7. The van der Waals surface area contributed by atoms with Gasteiger partial charge in [-0.1, -0.05) is 0 Å². The molecule has 0 saturated carbocycles. The molecule has 0 aliphatic carbocycles. The van der Waals surface area contributed by atoms with Crippen molar-refractivity contribution in [3.8, 4) is 0 Å². The second-order valence-corrected chi connectivity index (χ2v) is 3.20. The van der Waals surface area contributed by atoms with Crippen molar-refractivity contribution in [3.63, 3.8) is 0 Å². The van der Waals surface area contributed by atoms with Crippen molar-refractivity contribution < 1.29 is 19.4 Å². The number of benzene rings is 1. The van der Waals surface area contributed by atoms with Gasteiger partial charge >= 0.3 is 5.97 Å². The highest BCUT2D eigenvalue weighted by Gasteiger charge is 2.20. The van der Waals surface area contributed by atoms with Crippen LogP contribution in [0.3, 0.4) is 0 Å². The molecule has 1 atom stereocenters. The van der Waals surface area contributed by atoms with Gasteiger partial charge in [0, 0.05) is 5.56 Å². The molecule has 0 amide bonds. The van der Waals surface area contributed by atoms with Gasteiger partial charge in [0.2, 0.25) is 0 Å². The third-order valence-corrected chi connectivity index (χ3v) is 2.14. The zero-order chi connectivity index (χ0) is 10.9. The van der Waals surface area contributed by atoms with Crippen LogP contribution in [0, 0.1) is 19.7 Å². The molecule has 0 aliphatic rings. The highest BCUT2D eigenvalue weighted by molar-refractivity contribution is 5.74. The Labute approximate surface area is 80.8 Å². The maximum Gasteiger partial charge on any atom is 0.337 e. The van der Waals surface area contributed by atoms with Crippen molar-refractivity contribution in [2.24, 2.45) is 0 Å². The summed E-state index contributed by atoms with van der Waals surface area (Å²) in [5.74, 6) is -2.14. The molecule has 1 rings (SSSR count). The van der Waals surface area contributed by atoms with E-state index >= 15 is 0 Å². The van der Waals surface area contributed by atoms with Gasteiger partial charge in [-0.3, -0.25) is 0 Å². The summed E-state index contributed by atoms with van der Waals surface area (Å²) in [6.07, 6.45) is -1.80. The van der Waals surface area contributed by atoms with Crippen LogP contribution in [0.25, 0.3) is 0 Å². The number of hydrogen-bond acceptors (Lipinski definition) is 2. The number of aliphatic carboxylic acids is 1. The van der Waals surface area contributed by atoms with Crippen molar-refractivity contribution in [3.05, 3.63) is 34.6 Å². The molecule has 4 heteroatoms. The summed E-state index contributed by atoms with van der Waals surface area (Å²) in [4.78, 5) is 10.4. The van der Waals surface area contributed by atoms with Gasteiger partial charge in [0.15, 0.2) is 6.10 Å². The SMILES string of the molecule is Cc1cc(F)c(C(O)C(=O)O)cc1C. The van der Waals surface area contributed by atoms with E-state index in [-0.39, 0.29) is 5.56 Å². The standard InChI is InChI=1S/C10H11FO3/c1-5-3-7(9(12)10(13)14)8(11)4-6(5)2/h3-4,9,12H,1-2H3,(H,13,14). The van der Waals surface area contributed by atoms with Gasteiger partial charge in [-0.05, 0) is 37.1 Å². The normalized spacial score (nSPS) is 12.6. The Hall–Kier alpha value is -1.42. The van der Waals surface area contributed by atoms with Crippen molar-refractivity contribution in [1.82, 2.24) is 0 Å². The van der Waals surface area contributed by atoms with Crippen LogP contribution < -0.4 is 0 Å². The second kappa shape index (κ2) is 3.75. The monoisotopic (exact) mass is 198 g/mol. The van der Waals surface area contributed by atoms with E-state index in [0.29, 0.717) is 0 Å². The lowest BCUT2D eigenvalue weighted by Crippen LogP contribution is -2.12. The molecule has 0 bridgehead atoms. The first-order chi connectivity index (χ1) is 6.43. The zero-order valence-electron chi connectivity index (χ0n) is 7.91. The molecule has 1 unspecified atom stereocenters. The van der Waals surface area contributed by atoms with Crippen LogP contribution in [0.5, 0.6) is 0 Å². The Morgan fingerprint density at radius 2 is 1.86 bits per heavy atom. The predicted molar refractivity (Wildman–Crippen MR) is 48.5 cm³/mol. The van der Waals surface area contributed by atoms with Crippen LogP contribution in [0.4, 0.5) is 4.39 Å². The molecule has 0 spiro atoms. The molecule has 0 saturated heterocycles. The first-order valence-electron chi connectivity index (χ1n) is 4.11. The van der Waals surface area contributed by atoms with Gasteiger partial charge in [-0.25, -0.2) is 9.18 Å². The first-order valence-corrected chi connectivity index (χ1v) is 4.11. The zero-order valence-corrected chi connectivity index (χ0v) is 7.91. The Morgan fingerprint density at radius 3 is 2.36 bits per heavy atom. The minimum atomic E-state index is -1.80. The molecule has 76 valence electrons. The highest BCUT2D eigenvalue weighted by Crippen LogP contribution is 2.21. The number of carbonyl (C=O) groups is 1. The number of aliphatic hydroxyl groups excluding tert-OH is 1. The van der Waals surface area contributed by atoms with E-state index in [1.54, 1.807) is 13.8 Å². The van der Waals surface area contributed by atoms with Crippen LogP contribution in [0.15, 0.2) is 12.1 Å². The molecule has 2 N–H and O–H groups in total. The molecular weight excluding hydrogens is 187 g/mol. The number of aryl methyl sites for hydroxylation is 2. The smallest absolute Gasteiger partial charge is 0.337 e. The van der Waals surface area contributed by atoms with Gasteiger partial charge in [0.1, 0.15) is 5.82 Å². The fraction of sp³-hybridized carbons (Fsp3) is 0.300. The van der Waals surface area contributed by atoms with Crippen molar-refractivity contribution in [2.45, 2.75) is 20.0 Å². The Kier molecular flexibility index (Phi) is 2.86. The van der Waals surface area contributed by atoms with E-state index in [9.17, 15) is 9.18 Å². The van der Waals surface area contributed by atoms with E-state index < -0.39 is 17.9 Å². The van der Waals surface area contributed by atoms with Crippen LogP contribution in [-0.2, 0) is 4.79 Å². The third-order valence-electron chi connectivity index (χ3n) is 2.14. The Balaban J connectivity index is 3.22. The van der Waals surface area contributed by atoms with Gasteiger partial charge in [-0.2, -0.15) is 0 Å². The van der Waals surface area contributed by atoms with Crippen LogP contribution >= 0.6 is 0 Å². The molecule has 1 aromatic carbocycles. The molecule has 0 radical (unpaired) electrons. The average molecular weight is 198 g/mol. The fourth-order valence-corrected chi connectivity index (χ4v) is 1.15. The maximum atomic E-state index is 13.2. The second-order valence-electron chi connectivity index (χ2n) is 3.20. The van der Waals surface area contributed by atoms with E-state index in [0.717, 1.165) is 11.1 Å². The lowest BCUT2D eigenvalue weighted by Gasteiger charge is -2.09. The lowest BCUT2D eigenvalue weighted by molar-refractivity contribution is -0.147. The molecule has 0 aromatic heterocycles. The van der Waals surface area contributed by atoms with Crippen LogP contribution in [0.1, 0.15) is 22.8 Å². The molecule has 14 heavy (non-hydrogen) atoms. The molecule has 1 aromatic rings. The van der Waals surface area contributed by atoms with E-state index in [2.05, 4.69) is 0 Å². The summed E-state index contributed by atoms with van der Waals surface area (Å²) in [7, 11) is 0. The summed E-state index contributed by atoms with van der Waals surface area (Å²) in [5, 5.41) is 17.7. The summed E-state index contributed by atoms with van der Waals surface area (Å²) >= 11 is 0. The van der Waals surface area contributed by atoms with Crippen molar-refractivity contribution >= 4 is 5.97 Å². The number of carboxylic acid groups (broad SMARTS) is 1. The summed E-state index contributed by atoms with van der Waals surface area (Å²) < 4.78 is 13.2. The maximum absolute atomic E-state index is 13.2. The Bertz CT molecular complexity index is 374. The van der Waals surface area contributed by atoms with Gasteiger partial charge < -0.3 is 10.2 Å². The molecule has 0 fully saturated rings. The highest BCUT2D eigenvalue weighted by atomic mass is 19.1. The largest absolute Gasteiger partial charge is 0.479 e. The number of rotatable bonds is 2. The van der Waals surface area contributed by atoms with Crippen LogP contribution in [0.2, 0.25) is 0 Å². The van der Waals surface area contributed by atoms with Crippen molar-refractivity contribution in [1.29, 1.82) is 0 Å². The summed E-state index contributed by atoms with van der Waals surface area (Å²) in [5.41, 5.74) is 1.28. The average Bonchev–Trinajstić information content (AvgIpc) is 2.10. The fourth-order valence-electron chi connectivity index (χ4n) is 1.15. The lowest BCUT2D eigenvalue weighted by atomic mass is 10.0. The van der Waals surface area contributed by atoms with Crippen LogP contribution in [-0.4, -0.2) is 16.2 Å². The summed E-state index contributed by atoms with van der Waals surface area (Å²) in [6, 6.07) is 2.57. The minimum absolute atomic E-state index is 0.194. The molecule has 0 aliphatic heterocycles. The molecular formula is C10H11FO3. The number of aliphatic hydroxyl groups is 1. The Morgan fingerprint density at radius 1 is 1.36 bits per heavy atom. The number of carboxylic acids is 1. The predicted octanol–water partition coefficient (Wildman–Crippen LogP) is 1.56.